The number of hydrogen-bond acceptors (Lipinski definition) is 6. The molecule has 27 heavy (non-hydrogen) atoms. The Bertz CT molecular complexity index is 960. The Hall–Kier alpha value is -2.21. The zero-order chi connectivity index (χ0) is 18.2. The highest BCUT2D eigenvalue weighted by atomic mass is 32.1. The van der Waals surface area contributed by atoms with Crippen LogP contribution >= 0.6 is 11.3 Å². The van der Waals surface area contributed by atoms with Gasteiger partial charge in [0.1, 0.15) is 22.8 Å². The van der Waals surface area contributed by atoms with E-state index in [0.717, 1.165) is 48.4 Å². The first kappa shape index (κ1) is 16.9. The number of thiophene rings is 1. The van der Waals surface area contributed by atoms with Crippen molar-refractivity contribution in [1.82, 2.24) is 15.0 Å². The molecule has 0 spiro atoms. The van der Waals surface area contributed by atoms with Gasteiger partial charge in [-0.05, 0) is 61.3 Å². The number of aromatic nitrogens is 3. The third kappa shape index (κ3) is 3.27. The van der Waals surface area contributed by atoms with Crippen molar-refractivity contribution in [3.63, 3.8) is 0 Å². The van der Waals surface area contributed by atoms with Gasteiger partial charge in [0.15, 0.2) is 0 Å². The van der Waals surface area contributed by atoms with E-state index in [0.29, 0.717) is 0 Å². The summed E-state index contributed by atoms with van der Waals surface area (Å²) in [5.74, 6) is 2.85. The summed E-state index contributed by atoms with van der Waals surface area (Å²) in [7, 11) is 0. The molecule has 3 aromatic rings. The van der Waals surface area contributed by atoms with E-state index in [1.165, 1.54) is 47.1 Å². The highest BCUT2D eigenvalue weighted by Gasteiger charge is 2.23. The molecular weight excluding hydrogens is 354 g/mol. The predicted octanol–water partition coefficient (Wildman–Crippen LogP) is 4.42. The average Bonchev–Trinajstić information content (AvgIpc) is 3.34. The molecule has 0 saturated carbocycles. The van der Waals surface area contributed by atoms with Gasteiger partial charge in [0, 0.05) is 30.7 Å². The molecule has 1 aliphatic heterocycles. The molecule has 0 radical (unpaired) electrons. The summed E-state index contributed by atoms with van der Waals surface area (Å²) >= 11 is 1.85. The molecule has 4 heterocycles. The summed E-state index contributed by atoms with van der Waals surface area (Å²) in [5.41, 5.74) is 2.72. The Kier molecular flexibility index (Phi) is 4.44. The molecule has 1 unspecified atom stereocenters. The average molecular weight is 380 g/mol. The Balaban J connectivity index is 1.40. The molecule has 3 aromatic heterocycles. The number of pyridine rings is 1. The number of rotatable bonds is 4. The summed E-state index contributed by atoms with van der Waals surface area (Å²) in [5, 5.41) is 4.83. The van der Waals surface area contributed by atoms with Crippen molar-refractivity contribution in [3.8, 4) is 0 Å². The number of fused-ring (bicyclic) bond motifs is 3. The minimum Gasteiger partial charge on any atom is -0.365 e. The minimum atomic E-state index is 0.760. The van der Waals surface area contributed by atoms with Crippen LogP contribution in [0, 0.1) is 5.92 Å². The molecular formula is C21H25N5S. The SMILES string of the molecule is CC1CCc2c(sc3ncnc(NCc4ccnc(N5CCCC5)c4)c23)C1. The molecule has 1 N–H and O–H groups in total. The van der Waals surface area contributed by atoms with Crippen molar-refractivity contribution >= 4 is 33.2 Å². The third-order valence-electron chi connectivity index (χ3n) is 5.79. The van der Waals surface area contributed by atoms with Crippen LogP contribution in [-0.4, -0.2) is 28.0 Å². The molecule has 1 saturated heterocycles. The lowest BCUT2D eigenvalue weighted by molar-refractivity contribution is 0.509. The fourth-order valence-electron chi connectivity index (χ4n) is 4.28. The fourth-order valence-corrected chi connectivity index (χ4v) is 5.63. The van der Waals surface area contributed by atoms with E-state index in [4.69, 9.17) is 0 Å². The molecule has 1 fully saturated rings. The maximum atomic E-state index is 4.58. The van der Waals surface area contributed by atoms with Crippen molar-refractivity contribution in [2.75, 3.05) is 23.3 Å². The van der Waals surface area contributed by atoms with Crippen LogP contribution in [0.15, 0.2) is 24.7 Å². The number of hydrogen-bond donors (Lipinski definition) is 1. The lowest BCUT2D eigenvalue weighted by Gasteiger charge is -2.18. The van der Waals surface area contributed by atoms with Crippen LogP contribution in [0.25, 0.3) is 10.2 Å². The fraction of sp³-hybridized carbons (Fsp3) is 0.476. The second-order valence-corrected chi connectivity index (χ2v) is 8.91. The van der Waals surface area contributed by atoms with Gasteiger partial charge in [-0.3, -0.25) is 0 Å². The number of nitrogens with one attached hydrogen (secondary N) is 1. The molecule has 2 aliphatic rings. The Morgan fingerprint density at radius 3 is 3.00 bits per heavy atom. The smallest absolute Gasteiger partial charge is 0.138 e. The number of anilines is 2. The van der Waals surface area contributed by atoms with E-state index in [-0.39, 0.29) is 0 Å². The molecule has 1 atom stereocenters. The van der Waals surface area contributed by atoms with Gasteiger partial charge in [0.25, 0.3) is 0 Å². The van der Waals surface area contributed by atoms with Crippen molar-refractivity contribution in [2.45, 2.75) is 45.6 Å². The second kappa shape index (κ2) is 7.08. The lowest BCUT2D eigenvalue weighted by Crippen LogP contribution is -2.19. The van der Waals surface area contributed by atoms with Gasteiger partial charge >= 0.3 is 0 Å². The first-order chi connectivity index (χ1) is 13.3. The van der Waals surface area contributed by atoms with Crippen molar-refractivity contribution < 1.29 is 0 Å². The van der Waals surface area contributed by atoms with Gasteiger partial charge in [0.2, 0.25) is 0 Å². The van der Waals surface area contributed by atoms with E-state index in [1.54, 1.807) is 6.33 Å². The van der Waals surface area contributed by atoms with E-state index in [2.05, 4.69) is 44.2 Å². The quantitative estimate of drug-likeness (QED) is 0.727. The highest BCUT2D eigenvalue weighted by Crippen LogP contribution is 2.39. The van der Waals surface area contributed by atoms with Crippen molar-refractivity contribution in [1.29, 1.82) is 0 Å². The van der Waals surface area contributed by atoms with E-state index in [1.807, 2.05) is 17.5 Å². The van der Waals surface area contributed by atoms with E-state index in [9.17, 15) is 0 Å². The van der Waals surface area contributed by atoms with Crippen LogP contribution in [0.5, 0.6) is 0 Å². The summed E-state index contributed by atoms with van der Waals surface area (Å²) in [6.07, 6.45) is 9.74. The molecule has 1 aliphatic carbocycles. The Labute approximate surface area is 163 Å². The maximum Gasteiger partial charge on any atom is 0.138 e. The molecule has 5 rings (SSSR count). The van der Waals surface area contributed by atoms with Crippen LogP contribution in [0.1, 0.15) is 42.2 Å². The largest absolute Gasteiger partial charge is 0.365 e. The van der Waals surface area contributed by atoms with Crippen LogP contribution < -0.4 is 10.2 Å². The van der Waals surface area contributed by atoms with E-state index < -0.39 is 0 Å². The highest BCUT2D eigenvalue weighted by molar-refractivity contribution is 7.19. The zero-order valence-corrected chi connectivity index (χ0v) is 16.6. The maximum absolute atomic E-state index is 4.58. The minimum absolute atomic E-state index is 0.760. The standard InChI is InChI=1S/C21H25N5S/c1-14-4-5-16-17(10-14)27-21-19(16)20(24-13-25-21)23-12-15-6-7-22-18(11-15)26-8-2-3-9-26/h6-7,11,13-14H,2-5,8-10,12H2,1H3,(H,23,24,25). The second-order valence-electron chi connectivity index (χ2n) is 7.82. The van der Waals surface area contributed by atoms with Gasteiger partial charge < -0.3 is 10.2 Å². The van der Waals surface area contributed by atoms with Crippen LogP contribution in [0.3, 0.4) is 0 Å². The van der Waals surface area contributed by atoms with Gasteiger partial charge in [0.05, 0.1) is 5.39 Å². The van der Waals surface area contributed by atoms with Crippen LogP contribution in [-0.2, 0) is 19.4 Å². The summed E-state index contributed by atoms with van der Waals surface area (Å²) in [6, 6.07) is 4.30. The zero-order valence-electron chi connectivity index (χ0n) is 15.7. The van der Waals surface area contributed by atoms with Crippen molar-refractivity contribution in [3.05, 3.63) is 40.7 Å². The van der Waals surface area contributed by atoms with Crippen LogP contribution in [0.4, 0.5) is 11.6 Å². The van der Waals surface area contributed by atoms with Gasteiger partial charge in [-0.15, -0.1) is 11.3 Å². The predicted molar refractivity (Wildman–Crippen MR) is 112 cm³/mol. The molecule has 140 valence electrons. The van der Waals surface area contributed by atoms with Gasteiger partial charge in [-0.1, -0.05) is 6.92 Å². The summed E-state index contributed by atoms with van der Waals surface area (Å²) < 4.78 is 0. The first-order valence-corrected chi connectivity index (χ1v) is 10.8. The normalized spacial score (nSPS) is 19.4. The molecule has 5 nitrogen and oxygen atoms in total. The molecule has 0 amide bonds. The molecule has 6 heteroatoms. The van der Waals surface area contributed by atoms with Gasteiger partial charge in [-0.2, -0.15) is 0 Å². The molecule has 0 bridgehead atoms. The third-order valence-corrected chi connectivity index (χ3v) is 6.95. The Morgan fingerprint density at radius 1 is 1.22 bits per heavy atom. The lowest BCUT2D eigenvalue weighted by atomic mass is 9.89. The first-order valence-electron chi connectivity index (χ1n) is 9.97. The Morgan fingerprint density at radius 2 is 2.11 bits per heavy atom. The monoisotopic (exact) mass is 379 g/mol. The number of aryl methyl sites for hydroxylation is 1. The summed E-state index contributed by atoms with van der Waals surface area (Å²) in [4.78, 5) is 18.7. The number of nitrogens with zero attached hydrogens (tertiary/aromatic N) is 4. The van der Waals surface area contributed by atoms with E-state index >= 15 is 0 Å². The van der Waals surface area contributed by atoms with Crippen LogP contribution in [0.2, 0.25) is 0 Å². The van der Waals surface area contributed by atoms with Gasteiger partial charge in [-0.25, -0.2) is 15.0 Å². The summed E-state index contributed by atoms with van der Waals surface area (Å²) in [6.45, 7) is 5.35. The van der Waals surface area contributed by atoms with Crippen molar-refractivity contribution in [2.24, 2.45) is 5.92 Å². The molecule has 0 aromatic carbocycles. The topological polar surface area (TPSA) is 53.9 Å².